The zero-order valence-electron chi connectivity index (χ0n) is 12.4. The third-order valence-corrected chi connectivity index (χ3v) is 2.79. The summed E-state index contributed by atoms with van der Waals surface area (Å²) >= 11 is 0. The third kappa shape index (κ3) is 5.75. The fraction of sp³-hybridized carbons (Fsp3) is 0.533. The highest BCUT2D eigenvalue weighted by atomic mass is 16.1. The number of hydrogen-bond donors (Lipinski definition) is 2. The second-order valence-corrected chi connectivity index (χ2v) is 5.17. The topological polar surface area (TPSA) is 44.4 Å². The largest absolute Gasteiger partial charge is 0.376 e. The summed E-state index contributed by atoms with van der Waals surface area (Å²) in [5, 5.41) is 6.28. The standard InChI is InChI=1S/C15H25N3O/c1-12(2)16-11-7-10-15(19)17-13-8-5-6-9-14(13)18(3)4/h5-6,8-9,12,16H,7,10-11H2,1-4H3,(H,17,19). The molecule has 1 rings (SSSR count). The van der Waals surface area contributed by atoms with Crippen molar-refractivity contribution in [2.24, 2.45) is 0 Å². The van der Waals surface area contributed by atoms with Crippen molar-refractivity contribution in [3.05, 3.63) is 24.3 Å². The van der Waals surface area contributed by atoms with Crippen molar-refractivity contribution in [1.82, 2.24) is 5.32 Å². The maximum absolute atomic E-state index is 11.9. The second kappa shape index (κ2) is 7.79. The van der Waals surface area contributed by atoms with Gasteiger partial charge in [-0.3, -0.25) is 4.79 Å². The number of nitrogens with one attached hydrogen (secondary N) is 2. The Morgan fingerprint density at radius 2 is 1.95 bits per heavy atom. The van der Waals surface area contributed by atoms with Crippen LogP contribution in [0.25, 0.3) is 0 Å². The molecule has 0 spiro atoms. The molecule has 0 unspecified atom stereocenters. The van der Waals surface area contributed by atoms with E-state index < -0.39 is 0 Å². The summed E-state index contributed by atoms with van der Waals surface area (Å²) in [6, 6.07) is 8.30. The molecule has 1 aromatic rings. The molecule has 1 amide bonds. The predicted molar refractivity (Wildman–Crippen MR) is 81.8 cm³/mol. The van der Waals surface area contributed by atoms with E-state index in [9.17, 15) is 4.79 Å². The fourth-order valence-electron chi connectivity index (χ4n) is 1.82. The molecule has 0 aliphatic rings. The highest BCUT2D eigenvalue weighted by Crippen LogP contribution is 2.23. The van der Waals surface area contributed by atoms with E-state index in [1.807, 2.05) is 43.3 Å². The van der Waals surface area contributed by atoms with Crippen molar-refractivity contribution in [2.45, 2.75) is 32.7 Å². The number of rotatable bonds is 7. The van der Waals surface area contributed by atoms with E-state index in [1.54, 1.807) is 0 Å². The van der Waals surface area contributed by atoms with Crippen molar-refractivity contribution < 1.29 is 4.79 Å². The minimum absolute atomic E-state index is 0.0693. The summed E-state index contributed by atoms with van der Waals surface area (Å²) in [6.45, 7) is 5.08. The fourth-order valence-corrected chi connectivity index (χ4v) is 1.82. The molecule has 0 aliphatic carbocycles. The van der Waals surface area contributed by atoms with Crippen LogP contribution in [0.3, 0.4) is 0 Å². The maximum Gasteiger partial charge on any atom is 0.224 e. The van der Waals surface area contributed by atoms with Gasteiger partial charge in [0.15, 0.2) is 0 Å². The maximum atomic E-state index is 11.9. The number of anilines is 2. The molecule has 0 fully saturated rings. The molecule has 0 saturated carbocycles. The number of carbonyl (C=O) groups excluding carboxylic acids is 1. The summed E-state index contributed by atoms with van der Waals surface area (Å²) < 4.78 is 0. The number of nitrogens with zero attached hydrogens (tertiary/aromatic N) is 1. The summed E-state index contributed by atoms with van der Waals surface area (Å²) in [6.07, 6.45) is 1.40. The quantitative estimate of drug-likeness (QED) is 0.743. The lowest BCUT2D eigenvalue weighted by molar-refractivity contribution is -0.116. The van der Waals surface area contributed by atoms with Crippen LogP contribution >= 0.6 is 0 Å². The number of hydrogen-bond acceptors (Lipinski definition) is 3. The van der Waals surface area contributed by atoms with Gasteiger partial charge >= 0.3 is 0 Å². The van der Waals surface area contributed by atoms with Gasteiger partial charge in [0, 0.05) is 26.6 Å². The van der Waals surface area contributed by atoms with Crippen molar-refractivity contribution in [3.8, 4) is 0 Å². The van der Waals surface area contributed by atoms with E-state index in [2.05, 4.69) is 24.5 Å². The van der Waals surface area contributed by atoms with Gasteiger partial charge in [-0.25, -0.2) is 0 Å². The zero-order valence-corrected chi connectivity index (χ0v) is 12.4. The van der Waals surface area contributed by atoms with Gasteiger partial charge < -0.3 is 15.5 Å². The molecular weight excluding hydrogens is 238 g/mol. The van der Waals surface area contributed by atoms with Gasteiger partial charge in [0.25, 0.3) is 0 Å². The highest BCUT2D eigenvalue weighted by Gasteiger charge is 2.07. The number of amides is 1. The summed E-state index contributed by atoms with van der Waals surface area (Å²) in [4.78, 5) is 13.9. The van der Waals surface area contributed by atoms with Crippen LogP contribution < -0.4 is 15.5 Å². The van der Waals surface area contributed by atoms with Crippen LogP contribution in [-0.2, 0) is 4.79 Å². The first-order valence-electron chi connectivity index (χ1n) is 6.80. The lowest BCUT2D eigenvalue weighted by Crippen LogP contribution is -2.25. The van der Waals surface area contributed by atoms with Gasteiger partial charge in [-0.15, -0.1) is 0 Å². The van der Waals surface area contributed by atoms with Gasteiger partial charge in [0.1, 0.15) is 0 Å². The molecule has 4 heteroatoms. The molecule has 106 valence electrons. The molecule has 0 radical (unpaired) electrons. The molecule has 0 aliphatic heterocycles. The minimum atomic E-state index is 0.0693. The number of carbonyl (C=O) groups is 1. The Labute approximate surface area is 116 Å². The Hall–Kier alpha value is -1.55. The second-order valence-electron chi connectivity index (χ2n) is 5.17. The molecule has 19 heavy (non-hydrogen) atoms. The van der Waals surface area contributed by atoms with E-state index in [1.165, 1.54) is 0 Å². The van der Waals surface area contributed by atoms with E-state index >= 15 is 0 Å². The van der Waals surface area contributed by atoms with Crippen molar-refractivity contribution in [1.29, 1.82) is 0 Å². The first-order valence-corrected chi connectivity index (χ1v) is 6.80. The van der Waals surface area contributed by atoms with Crippen LogP contribution in [0.2, 0.25) is 0 Å². The van der Waals surface area contributed by atoms with Crippen molar-refractivity contribution >= 4 is 17.3 Å². The first-order chi connectivity index (χ1) is 9.00. The molecule has 0 aromatic heterocycles. The molecule has 4 nitrogen and oxygen atoms in total. The van der Waals surface area contributed by atoms with E-state index in [0.29, 0.717) is 12.5 Å². The molecule has 0 saturated heterocycles. The monoisotopic (exact) mass is 263 g/mol. The lowest BCUT2D eigenvalue weighted by Gasteiger charge is -2.17. The van der Waals surface area contributed by atoms with E-state index in [-0.39, 0.29) is 5.91 Å². The Kier molecular flexibility index (Phi) is 6.36. The summed E-state index contributed by atoms with van der Waals surface area (Å²) in [7, 11) is 3.94. The summed E-state index contributed by atoms with van der Waals surface area (Å²) in [5.74, 6) is 0.0693. The Morgan fingerprint density at radius 1 is 1.26 bits per heavy atom. The zero-order chi connectivity index (χ0) is 14.3. The average Bonchev–Trinajstić information content (AvgIpc) is 2.35. The Bertz CT molecular complexity index is 402. The highest BCUT2D eigenvalue weighted by molar-refractivity contribution is 5.94. The molecule has 0 atom stereocenters. The van der Waals surface area contributed by atoms with Gasteiger partial charge in [-0.2, -0.15) is 0 Å². The first kappa shape index (κ1) is 15.5. The van der Waals surface area contributed by atoms with Gasteiger partial charge in [-0.1, -0.05) is 26.0 Å². The minimum Gasteiger partial charge on any atom is -0.376 e. The normalized spacial score (nSPS) is 10.6. The van der Waals surface area contributed by atoms with Gasteiger partial charge in [0.2, 0.25) is 5.91 Å². The Balaban J connectivity index is 2.44. The molecule has 0 bridgehead atoms. The van der Waals surface area contributed by atoms with Gasteiger partial charge in [-0.05, 0) is 25.1 Å². The lowest BCUT2D eigenvalue weighted by atomic mass is 10.2. The van der Waals surface area contributed by atoms with Crippen LogP contribution in [0, 0.1) is 0 Å². The van der Waals surface area contributed by atoms with E-state index in [0.717, 1.165) is 24.3 Å². The van der Waals surface area contributed by atoms with Crippen molar-refractivity contribution in [3.63, 3.8) is 0 Å². The molecular formula is C15H25N3O. The van der Waals surface area contributed by atoms with Crippen LogP contribution in [0.1, 0.15) is 26.7 Å². The van der Waals surface area contributed by atoms with E-state index in [4.69, 9.17) is 0 Å². The smallest absolute Gasteiger partial charge is 0.224 e. The molecule has 1 aromatic carbocycles. The SMILES string of the molecule is CC(C)NCCCC(=O)Nc1ccccc1N(C)C. The summed E-state index contributed by atoms with van der Waals surface area (Å²) in [5.41, 5.74) is 1.89. The van der Waals surface area contributed by atoms with Crippen LogP contribution in [-0.4, -0.2) is 32.6 Å². The van der Waals surface area contributed by atoms with Crippen molar-refractivity contribution in [2.75, 3.05) is 30.9 Å². The van der Waals surface area contributed by atoms with Gasteiger partial charge in [0.05, 0.1) is 11.4 Å². The molecule has 0 heterocycles. The predicted octanol–water partition coefficient (Wildman–Crippen LogP) is 2.47. The Morgan fingerprint density at radius 3 is 2.58 bits per heavy atom. The van der Waals surface area contributed by atoms with Crippen LogP contribution in [0.4, 0.5) is 11.4 Å². The number of benzene rings is 1. The molecule has 2 N–H and O–H groups in total. The van der Waals surface area contributed by atoms with Crippen LogP contribution in [0.5, 0.6) is 0 Å². The number of para-hydroxylation sites is 2. The average molecular weight is 263 g/mol. The third-order valence-electron chi connectivity index (χ3n) is 2.79. The van der Waals surface area contributed by atoms with Crippen LogP contribution in [0.15, 0.2) is 24.3 Å².